The second kappa shape index (κ2) is 7.65. The lowest BCUT2D eigenvalue weighted by atomic mass is 9.89. The van der Waals surface area contributed by atoms with Gasteiger partial charge in [-0.1, -0.05) is 41.9 Å². The van der Waals surface area contributed by atoms with Crippen LogP contribution in [0.1, 0.15) is 32.3 Å². The van der Waals surface area contributed by atoms with Crippen molar-refractivity contribution in [3.8, 4) is 0 Å². The minimum Gasteiger partial charge on any atom is -0.396 e. The van der Waals surface area contributed by atoms with Gasteiger partial charge in [-0.25, -0.2) is 0 Å². The van der Waals surface area contributed by atoms with Crippen LogP contribution in [0, 0.1) is 5.41 Å². The molecular weight excluding hydrogens is 306 g/mol. The molecule has 1 aromatic carbocycles. The minimum atomic E-state index is -0.0591. The normalized spacial score (nSPS) is 11.4. The number of aliphatic hydroxyl groups is 1. The number of benzene rings is 1. The first-order valence-corrected chi connectivity index (χ1v) is 7.34. The van der Waals surface area contributed by atoms with E-state index in [1.807, 2.05) is 38.1 Å². The van der Waals surface area contributed by atoms with Crippen LogP contribution in [-0.4, -0.2) is 24.2 Å². The lowest BCUT2D eigenvalue weighted by Gasteiger charge is -2.21. The van der Waals surface area contributed by atoms with Gasteiger partial charge in [0.05, 0.1) is 6.42 Å². The Morgan fingerprint density at radius 2 is 1.95 bits per heavy atom. The van der Waals surface area contributed by atoms with Crippen molar-refractivity contribution in [2.45, 2.75) is 33.1 Å². The summed E-state index contributed by atoms with van der Waals surface area (Å²) >= 11 is 3.37. The average molecular weight is 328 g/mol. The molecule has 0 aliphatic heterocycles. The zero-order chi connectivity index (χ0) is 14.3. The van der Waals surface area contributed by atoms with E-state index in [0.717, 1.165) is 22.9 Å². The zero-order valence-corrected chi connectivity index (χ0v) is 13.2. The molecule has 1 rings (SSSR count). The smallest absolute Gasteiger partial charge is 0.224 e. The second-order valence-corrected chi connectivity index (χ2v) is 6.49. The van der Waals surface area contributed by atoms with Crippen molar-refractivity contribution < 1.29 is 9.90 Å². The molecule has 19 heavy (non-hydrogen) atoms. The average Bonchev–Trinajstić information content (AvgIpc) is 2.38. The molecule has 0 spiro atoms. The molecule has 0 atom stereocenters. The predicted molar refractivity (Wildman–Crippen MR) is 81.0 cm³/mol. The van der Waals surface area contributed by atoms with Crippen LogP contribution in [0.2, 0.25) is 0 Å². The summed E-state index contributed by atoms with van der Waals surface area (Å²) in [6.07, 6.45) is 2.21. The summed E-state index contributed by atoms with van der Waals surface area (Å²) in [6, 6.07) is 7.76. The molecule has 106 valence electrons. The van der Waals surface area contributed by atoms with Crippen LogP contribution in [0.5, 0.6) is 0 Å². The third-order valence-corrected chi connectivity index (χ3v) is 3.59. The Balaban J connectivity index is 2.23. The van der Waals surface area contributed by atoms with Gasteiger partial charge in [-0.2, -0.15) is 0 Å². The molecule has 0 saturated heterocycles. The maximum absolute atomic E-state index is 11.7. The topological polar surface area (TPSA) is 49.3 Å². The Labute approximate surface area is 123 Å². The summed E-state index contributed by atoms with van der Waals surface area (Å²) in [5, 5.41) is 12.0. The monoisotopic (exact) mass is 327 g/mol. The molecule has 1 aromatic rings. The molecular formula is C15H22BrNO2. The van der Waals surface area contributed by atoms with Gasteiger partial charge in [0, 0.05) is 17.6 Å². The van der Waals surface area contributed by atoms with Crippen molar-refractivity contribution >= 4 is 21.8 Å². The molecule has 0 unspecified atom stereocenters. The van der Waals surface area contributed by atoms with Gasteiger partial charge >= 0.3 is 0 Å². The van der Waals surface area contributed by atoms with Gasteiger partial charge in [0.15, 0.2) is 0 Å². The van der Waals surface area contributed by atoms with E-state index in [9.17, 15) is 4.79 Å². The number of nitrogens with one attached hydrogen (secondary N) is 1. The van der Waals surface area contributed by atoms with Gasteiger partial charge in [0.25, 0.3) is 0 Å². The van der Waals surface area contributed by atoms with Crippen molar-refractivity contribution in [1.82, 2.24) is 5.32 Å². The van der Waals surface area contributed by atoms with Crippen LogP contribution in [0.4, 0.5) is 0 Å². The van der Waals surface area contributed by atoms with Crippen molar-refractivity contribution in [2.75, 3.05) is 13.2 Å². The maximum atomic E-state index is 11.7. The van der Waals surface area contributed by atoms with Crippen LogP contribution in [0.15, 0.2) is 28.7 Å². The number of hydrogen-bond acceptors (Lipinski definition) is 2. The first-order valence-electron chi connectivity index (χ1n) is 6.55. The number of aliphatic hydroxyl groups excluding tert-OH is 1. The number of amides is 1. The highest BCUT2D eigenvalue weighted by molar-refractivity contribution is 9.10. The summed E-state index contributed by atoms with van der Waals surface area (Å²) in [7, 11) is 0. The Kier molecular flexibility index (Phi) is 6.52. The Morgan fingerprint density at radius 1 is 1.32 bits per heavy atom. The van der Waals surface area contributed by atoms with Crippen molar-refractivity contribution in [3.63, 3.8) is 0 Å². The molecule has 4 heteroatoms. The third-order valence-electron chi connectivity index (χ3n) is 3.06. The highest BCUT2D eigenvalue weighted by atomic mass is 79.9. The van der Waals surface area contributed by atoms with Gasteiger partial charge in [0.2, 0.25) is 5.91 Å². The fraction of sp³-hybridized carbons (Fsp3) is 0.533. The summed E-state index contributed by atoms with van der Waals surface area (Å²) in [6.45, 7) is 4.89. The maximum Gasteiger partial charge on any atom is 0.224 e. The first kappa shape index (κ1) is 16.2. The van der Waals surface area contributed by atoms with Crippen LogP contribution in [0.3, 0.4) is 0 Å². The highest BCUT2D eigenvalue weighted by Crippen LogP contribution is 2.20. The third kappa shape index (κ3) is 6.73. The van der Waals surface area contributed by atoms with Gasteiger partial charge in [-0.3, -0.25) is 4.79 Å². The van der Waals surface area contributed by atoms with E-state index in [0.29, 0.717) is 13.0 Å². The fourth-order valence-electron chi connectivity index (χ4n) is 1.72. The van der Waals surface area contributed by atoms with E-state index in [4.69, 9.17) is 5.11 Å². The van der Waals surface area contributed by atoms with E-state index in [1.54, 1.807) is 0 Å². The molecule has 1 amide bonds. The van der Waals surface area contributed by atoms with Gasteiger partial charge in [-0.05, 0) is 36.0 Å². The fourth-order valence-corrected chi connectivity index (χ4v) is 1.99. The molecule has 0 heterocycles. The Hall–Kier alpha value is -0.870. The molecule has 0 aromatic heterocycles. The molecule has 0 radical (unpaired) electrons. The molecule has 0 fully saturated rings. The van der Waals surface area contributed by atoms with Crippen LogP contribution in [0.25, 0.3) is 0 Å². The highest BCUT2D eigenvalue weighted by Gasteiger charge is 2.15. The molecule has 0 bridgehead atoms. The van der Waals surface area contributed by atoms with Gasteiger partial charge < -0.3 is 10.4 Å². The Bertz CT molecular complexity index is 401. The quantitative estimate of drug-likeness (QED) is 0.756. The van der Waals surface area contributed by atoms with Crippen molar-refractivity contribution in [3.05, 3.63) is 34.3 Å². The number of halogens is 1. The lowest BCUT2D eigenvalue weighted by molar-refractivity contribution is -0.120. The number of carbonyl (C=O) groups excluding carboxylic acids is 1. The summed E-state index contributed by atoms with van der Waals surface area (Å²) in [5.41, 5.74) is 0.951. The largest absolute Gasteiger partial charge is 0.396 e. The zero-order valence-electron chi connectivity index (χ0n) is 11.6. The van der Waals surface area contributed by atoms with Gasteiger partial charge in [0.1, 0.15) is 0 Å². The molecule has 3 nitrogen and oxygen atoms in total. The summed E-state index contributed by atoms with van der Waals surface area (Å²) in [5.74, 6) is 0.0455. The minimum absolute atomic E-state index is 0.0455. The second-order valence-electron chi connectivity index (χ2n) is 5.58. The number of carbonyl (C=O) groups is 1. The summed E-state index contributed by atoms with van der Waals surface area (Å²) in [4.78, 5) is 11.7. The van der Waals surface area contributed by atoms with Gasteiger partial charge in [-0.15, -0.1) is 0 Å². The first-order chi connectivity index (χ1) is 8.93. The van der Waals surface area contributed by atoms with E-state index < -0.39 is 0 Å². The number of rotatable bonds is 7. The standard InChI is InChI=1S/C15H22BrNO2/c1-15(2,11-18)8-3-9-17-14(19)10-12-4-6-13(16)7-5-12/h4-7,18H,3,8-11H2,1-2H3,(H,17,19). The van der Waals surface area contributed by atoms with Crippen molar-refractivity contribution in [2.24, 2.45) is 5.41 Å². The van der Waals surface area contributed by atoms with Crippen LogP contribution >= 0.6 is 15.9 Å². The van der Waals surface area contributed by atoms with Crippen molar-refractivity contribution in [1.29, 1.82) is 0 Å². The molecule has 0 aliphatic rings. The van der Waals surface area contributed by atoms with Crippen LogP contribution < -0.4 is 5.32 Å². The number of hydrogen-bond donors (Lipinski definition) is 2. The predicted octanol–water partition coefficient (Wildman–Crippen LogP) is 2.91. The lowest BCUT2D eigenvalue weighted by Crippen LogP contribution is -2.27. The molecule has 0 aliphatic carbocycles. The van der Waals surface area contributed by atoms with E-state index in [1.165, 1.54) is 0 Å². The van der Waals surface area contributed by atoms with E-state index >= 15 is 0 Å². The van der Waals surface area contributed by atoms with E-state index in [2.05, 4.69) is 21.2 Å². The van der Waals surface area contributed by atoms with E-state index in [-0.39, 0.29) is 17.9 Å². The molecule has 0 saturated carbocycles. The summed E-state index contributed by atoms with van der Waals surface area (Å²) < 4.78 is 1.02. The SMILES string of the molecule is CC(C)(CO)CCCNC(=O)Cc1ccc(Br)cc1. The Morgan fingerprint density at radius 3 is 2.53 bits per heavy atom. The molecule has 2 N–H and O–H groups in total. The van der Waals surface area contributed by atoms with Crippen LogP contribution in [-0.2, 0) is 11.2 Å².